The van der Waals surface area contributed by atoms with Crippen molar-refractivity contribution >= 4 is 23.5 Å². The van der Waals surface area contributed by atoms with Gasteiger partial charge in [0, 0.05) is 35.9 Å². The Labute approximate surface area is 169 Å². The molecule has 1 aromatic heterocycles. The number of fused-ring (bicyclic) bond motifs is 2. The van der Waals surface area contributed by atoms with E-state index in [4.69, 9.17) is 22.1 Å². The van der Waals surface area contributed by atoms with Crippen LogP contribution in [-0.2, 0) is 6.54 Å². The van der Waals surface area contributed by atoms with Gasteiger partial charge in [0.15, 0.2) is 0 Å². The van der Waals surface area contributed by atoms with Crippen LogP contribution < -0.4 is 15.8 Å². The number of nitrogens with one attached hydrogen (secondary N) is 1. The number of carbonyl (C=O) groups is 1. The first-order valence-electron chi connectivity index (χ1n) is 9.51. The standard InChI is InChI=1S/C20H24ClN5O2/c1-28-19-17(10-23-20(22)25-19)18(27)24-14-8-15-6-7-16(9-14)26(15)11-12-2-4-13(21)5-3-12/h2-5,10,14-16H,6-9,11H2,1H3,(H,24,27)(H2,22,23,25). The summed E-state index contributed by atoms with van der Waals surface area (Å²) in [7, 11) is 1.47. The monoisotopic (exact) mass is 401 g/mol. The molecule has 1 amide bonds. The number of anilines is 1. The molecule has 3 heterocycles. The lowest BCUT2D eigenvalue weighted by atomic mass is 9.96. The Morgan fingerprint density at radius 2 is 1.96 bits per heavy atom. The highest BCUT2D eigenvalue weighted by molar-refractivity contribution is 6.30. The molecule has 8 heteroatoms. The number of carbonyl (C=O) groups excluding carboxylic acids is 1. The van der Waals surface area contributed by atoms with Gasteiger partial charge in [0.1, 0.15) is 5.56 Å². The molecule has 1 aromatic carbocycles. The largest absolute Gasteiger partial charge is 0.480 e. The van der Waals surface area contributed by atoms with E-state index in [1.54, 1.807) is 0 Å². The molecule has 2 aromatic rings. The zero-order chi connectivity index (χ0) is 19.7. The number of methoxy groups -OCH3 is 1. The summed E-state index contributed by atoms with van der Waals surface area (Å²) in [6.45, 7) is 0.923. The van der Waals surface area contributed by atoms with E-state index < -0.39 is 0 Å². The van der Waals surface area contributed by atoms with E-state index in [2.05, 4.69) is 32.3 Å². The van der Waals surface area contributed by atoms with Crippen LogP contribution in [0.5, 0.6) is 5.88 Å². The minimum absolute atomic E-state index is 0.0851. The van der Waals surface area contributed by atoms with Crippen LogP contribution in [0, 0.1) is 0 Å². The van der Waals surface area contributed by atoms with Crippen molar-refractivity contribution in [3.8, 4) is 5.88 Å². The second-order valence-electron chi connectivity index (χ2n) is 7.48. The average Bonchev–Trinajstić information content (AvgIpc) is 2.91. The molecular weight excluding hydrogens is 378 g/mol. The van der Waals surface area contributed by atoms with Gasteiger partial charge < -0.3 is 15.8 Å². The Bertz CT molecular complexity index is 846. The van der Waals surface area contributed by atoms with E-state index in [1.807, 2.05) is 12.1 Å². The van der Waals surface area contributed by atoms with Crippen molar-refractivity contribution in [2.24, 2.45) is 0 Å². The van der Waals surface area contributed by atoms with Crippen LogP contribution in [0.25, 0.3) is 0 Å². The van der Waals surface area contributed by atoms with Gasteiger partial charge in [-0.3, -0.25) is 9.69 Å². The van der Waals surface area contributed by atoms with Gasteiger partial charge in [0.2, 0.25) is 11.8 Å². The topological polar surface area (TPSA) is 93.4 Å². The van der Waals surface area contributed by atoms with E-state index in [0.717, 1.165) is 24.4 Å². The van der Waals surface area contributed by atoms with E-state index in [0.29, 0.717) is 17.6 Å². The predicted octanol–water partition coefficient (Wildman–Crippen LogP) is 2.65. The van der Waals surface area contributed by atoms with Gasteiger partial charge in [-0.15, -0.1) is 0 Å². The van der Waals surface area contributed by atoms with Crippen LogP contribution in [-0.4, -0.2) is 46.0 Å². The third kappa shape index (κ3) is 3.91. The van der Waals surface area contributed by atoms with Gasteiger partial charge in [0.05, 0.1) is 7.11 Å². The molecule has 7 nitrogen and oxygen atoms in total. The number of halogens is 1. The van der Waals surface area contributed by atoms with Gasteiger partial charge in [-0.1, -0.05) is 23.7 Å². The SMILES string of the molecule is COc1nc(N)ncc1C(=O)NC1CC2CCC(C1)N2Cc1ccc(Cl)cc1. The number of hydrogen-bond donors (Lipinski definition) is 2. The summed E-state index contributed by atoms with van der Waals surface area (Å²) < 4.78 is 5.17. The van der Waals surface area contributed by atoms with Gasteiger partial charge in [0.25, 0.3) is 5.91 Å². The molecule has 2 unspecified atom stereocenters. The summed E-state index contributed by atoms with van der Waals surface area (Å²) in [6, 6.07) is 9.13. The molecular formula is C20H24ClN5O2. The molecule has 2 atom stereocenters. The maximum Gasteiger partial charge on any atom is 0.258 e. The predicted molar refractivity (Wildman–Crippen MR) is 107 cm³/mol. The summed E-state index contributed by atoms with van der Waals surface area (Å²) in [5, 5.41) is 3.90. The summed E-state index contributed by atoms with van der Waals surface area (Å²) in [6.07, 6.45) is 5.63. The Morgan fingerprint density at radius 1 is 1.29 bits per heavy atom. The van der Waals surface area contributed by atoms with Crippen molar-refractivity contribution < 1.29 is 9.53 Å². The quantitative estimate of drug-likeness (QED) is 0.800. The van der Waals surface area contributed by atoms with Crippen molar-refractivity contribution in [2.45, 2.75) is 50.4 Å². The fourth-order valence-electron chi connectivity index (χ4n) is 4.40. The highest BCUT2D eigenvalue weighted by Gasteiger charge is 2.41. The highest BCUT2D eigenvalue weighted by Crippen LogP contribution is 2.37. The molecule has 28 heavy (non-hydrogen) atoms. The summed E-state index contributed by atoms with van der Waals surface area (Å²) >= 11 is 5.99. The number of benzene rings is 1. The van der Waals surface area contributed by atoms with Gasteiger partial charge in [-0.05, 0) is 43.4 Å². The van der Waals surface area contributed by atoms with Crippen LogP contribution in [0.4, 0.5) is 5.95 Å². The van der Waals surface area contributed by atoms with Crippen LogP contribution in [0.1, 0.15) is 41.6 Å². The molecule has 0 radical (unpaired) electrons. The van der Waals surface area contributed by atoms with Crippen LogP contribution in [0.3, 0.4) is 0 Å². The molecule has 2 aliphatic heterocycles. The number of aromatic nitrogens is 2. The molecule has 2 bridgehead atoms. The summed E-state index contributed by atoms with van der Waals surface area (Å²) in [5.74, 6) is 0.0718. The normalized spacial score (nSPS) is 24.1. The Hall–Kier alpha value is -2.38. The number of piperidine rings is 1. The number of nitrogen functional groups attached to an aromatic ring is 1. The molecule has 0 aliphatic carbocycles. The maximum atomic E-state index is 12.7. The first-order chi connectivity index (χ1) is 13.5. The smallest absolute Gasteiger partial charge is 0.258 e. The zero-order valence-electron chi connectivity index (χ0n) is 15.8. The third-order valence-electron chi connectivity index (χ3n) is 5.71. The molecule has 2 aliphatic rings. The number of ether oxygens (including phenoxy) is 1. The molecule has 2 fully saturated rings. The number of amides is 1. The van der Waals surface area contributed by atoms with Crippen molar-refractivity contribution in [3.63, 3.8) is 0 Å². The fraction of sp³-hybridized carbons (Fsp3) is 0.450. The van der Waals surface area contributed by atoms with E-state index in [-0.39, 0.29) is 23.8 Å². The maximum absolute atomic E-state index is 12.7. The first kappa shape index (κ1) is 19.0. The minimum Gasteiger partial charge on any atom is -0.480 e. The van der Waals surface area contributed by atoms with Crippen molar-refractivity contribution in [1.82, 2.24) is 20.2 Å². The minimum atomic E-state index is -0.215. The van der Waals surface area contributed by atoms with Crippen molar-refractivity contribution in [3.05, 3.63) is 46.6 Å². The molecule has 4 rings (SSSR count). The average molecular weight is 402 g/mol. The third-order valence-corrected chi connectivity index (χ3v) is 5.96. The van der Waals surface area contributed by atoms with E-state index in [1.165, 1.54) is 31.7 Å². The lowest BCUT2D eigenvalue weighted by Crippen LogP contribution is -2.50. The number of nitrogens with zero attached hydrogens (tertiary/aromatic N) is 3. The Morgan fingerprint density at radius 3 is 2.61 bits per heavy atom. The molecule has 2 saturated heterocycles. The van der Waals surface area contributed by atoms with Crippen molar-refractivity contribution in [1.29, 1.82) is 0 Å². The van der Waals surface area contributed by atoms with Gasteiger partial charge >= 0.3 is 0 Å². The van der Waals surface area contributed by atoms with Crippen LogP contribution in [0.2, 0.25) is 5.02 Å². The highest BCUT2D eigenvalue weighted by atomic mass is 35.5. The number of rotatable bonds is 5. The molecule has 0 spiro atoms. The van der Waals surface area contributed by atoms with Gasteiger partial charge in [-0.2, -0.15) is 4.98 Å². The second-order valence-corrected chi connectivity index (χ2v) is 7.91. The zero-order valence-corrected chi connectivity index (χ0v) is 16.5. The Kier molecular flexibility index (Phi) is 5.37. The Balaban J connectivity index is 1.40. The second kappa shape index (κ2) is 7.93. The molecule has 0 saturated carbocycles. The summed E-state index contributed by atoms with van der Waals surface area (Å²) in [5.41, 5.74) is 7.16. The molecule has 148 valence electrons. The fourth-order valence-corrected chi connectivity index (χ4v) is 4.53. The summed E-state index contributed by atoms with van der Waals surface area (Å²) in [4.78, 5) is 23.2. The van der Waals surface area contributed by atoms with Crippen LogP contribution >= 0.6 is 11.6 Å². The lowest BCUT2D eigenvalue weighted by Gasteiger charge is -2.39. The first-order valence-corrected chi connectivity index (χ1v) is 9.89. The van der Waals surface area contributed by atoms with Crippen LogP contribution in [0.15, 0.2) is 30.5 Å². The molecule has 3 N–H and O–H groups in total. The number of nitrogens with two attached hydrogens (primary N) is 1. The van der Waals surface area contributed by atoms with Crippen molar-refractivity contribution in [2.75, 3.05) is 12.8 Å². The lowest BCUT2D eigenvalue weighted by molar-refractivity contribution is 0.0824. The van der Waals surface area contributed by atoms with E-state index in [9.17, 15) is 4.79 Å². The van der Waals surface area contributed by atoms with E-state index >= 15 is 0 Å². The number of hydrogen-bond acceptors (Lipinski definition) is 6. The van der Waals surface area contributed by atoms with Gasteiger partial charge in [-0.25, -0.2) is 4.98 Å².